The van der Waals surface area contributed by atoms with Crippen LogP contribution in [-0.4, -0.2) is 36.7 Å². The molecule has 3 heteroatoms. The molecule has 21 heavy (non-hydrogen) atoms. The zero-order chi connectivity index (χ0) is 15.3. The van der Waals surface area contributed by atoms with Gasteiger partial charge in [0.25, 0.3) is 0 Å². The fraction of sp³-hybridized carbons (Fsp3) is 0.667. The van der Waals surface area contributed by atoms with Crippen LogP contribution >= 0.6 is 0 Å². The first-order valence-electron chi connectivity index (χ1n) is 8.22. The lowest BCUT2D eigenvalue weighted by Gasteiger charge is -2.54. The Kier molecular flexibility index (Phi) is 5.39. The zero-order valence-electron chi connectivity index (χ0n) is 13.7. The fourth-order valence-electron chi connectivity index (χ4n) is 3.59. The summed E-state index contributed by atoms with van der Waals surface area (Å²) in [5, 5.41) is 3.78. The number of hydrogen-bond donors (Lipinski definition) is 1. The van der Waals surface area contributed by atoms with Crippen LogP contribution in [0.2, 0.25) is 0 Å². The second-order valence-electron chi connectivity index (χ2n) is 6.45. The van der Waals surface area contributed by atoms with Gasteiger partial charge >= 0.3 is 0 Å². The van der Waals surface area contributed by atoms with Gasteiger partial charge < -0.3 is 5.32 Å². The Labute approximate surface area is 128 Å². The highest BCUT2D eigenvalue weighted by Gasteiger charge is 2.43. The van der Waals surface area contributed by atoms with Crippen molar-refractivity contribution in [1.29, 1.82) is 0 Å². The summed E-state index contributed by atoms with van der Waals surface area (Å²) in [5.74, 6) is 0. The van der Waals surface area contributed by atoms with Gasteiger partial charge in [-0.15, -0.1) is 0 Å². The molecular weight excluding hydrogens is 263 g/mol. The van der Waals surface area contributed by atoms with Gasteiger partial charge in [-0.3, -0.25) is 9.29 Å². The highest BCUT2D eigenvalue weighted by atomic mass is 19.1. The monoisotopic (exact) mass is 292 g/mol. The fourth-order valence-corrected chi connectivity index (χ4v) is 3.59. The minimum atomic E-state index is -0.227. The second-order valence-corrected chi connectivity index (χ2v) is 6.45. The summed E-state index contributed by atoms with van der Waals surface area (Å²) < 4.78 is 12.7. The van der Waals surface area contributed by atoms with E-state index in [9.17, 15) is 4.39 Å². The maximum atomic E-state index is 12.7. The lowest BCUT2D eigenvalue weighted by atomic mass is 9.80. The predicted molar refractivity (Wildman–Crippen MR) is 87.3 cm³/mol. The Bertz CT molecular complexity index is 430. The quantitative estimate of drug-likeness (QED) is 0.859. The first-order chi connectivity index (χ1) is 10.1. The second kappa shape index (κ2) is 6.89. The van der Waals surface area contributed by atoms with Gasteiger partial charge in [-0.05, 0) is 31.7 Å². The SMILES string of the molecule is CCC1(CC)CNC(C)(c2ccccc2)CN1CCCF. The minimum Gasteiger partial charge on any atom is -0.305 e. The molecule has 1 aromatic carbocycles. The van der Waals surface area contributed by atoms with Crippen LogP contribution in [0, 0.1) is 0 Å². The van der Waals surface area contributed by atoms with Crippen molar-refractivity contribution >= 4 is 0 Å². The van der Waals surface area contributed by atoms with Crippen molar-refractivity contribution in [3.63, 3.8) is 0 Å². The Morgan fingerprint density at radius 2 is 1.86 bits per heavy atom. The third-order valence-corrected chi connectivity index (χ3v) is 5.27. The Morgan fingerprint density at radius 1 is 1.19 bits per heavy atom. The molecule has 1 atom stereocenters. The van der Waals surface area contributed by atoms with Crippen LogP contribution in [0.25, 0.3) is 0 Å². The van der Waals surface area contributed by atoms with Crippen molar-refractivity contribution in [1.82, 2.24) is 10.2 Å². The molecule has 1 saturated heterocycles. The van der Waals surface area contributed by atoms with Crippen LogP contribution in [-0.2, 0) is 5.54 Å². The van der Waals surface area contributed by atoms with E-state index in [4.69, 9.17) is 0 Å². The molecule has 0 radical (unpaired) electrons. The first kappa shape index (κ1) is 16.4. The van der Waals surface area contributed by atoms with Gasteiger partial charge in [0.2, 0.25) is 0 Å². The molecule has 1 heterocycles. The third kappa shape index (κ3) is 3.29. The molecule has 1 aliphatic rings. The molecule has 2 rings (SSSR count). The van der Waals surface area contributed by atoms with Crippen LogP contribution < -0.4 is 5.32 Å². The van der Waals surface area contributed by atoms with Gasteiger partial charge in [-0.1, -0.05) is 44.2 Å². The lowest BCUT2D eigenvalue weighted by Crippen LogP contribution is -2.67. The molecule has 1 unspecified atom stereocenters. The van der Waals surface area contributed by atoms with Crippen LogP contribution in [0.4, 0.5) is 4.39 Å². The molecule has 1 N–H and O–H groups in total. The maximum absolute atomic E-state index is 12.7. The molecule has 1 fully saturated rings. The van der Waals surface area contributed by atoms with Crippen molar-refractivity contribution in [2.75, 3.05) is 26.3 Å². The van der Waals surface area contributed by atoms with Crippen molar-refractivity contribution in [2.45, 2.75) is 51.1 Å². The largest absolute Gasteiger partial charge is 0.305 e. The summed E-state index contributed by atoms with van der Waals surface area (Å²) in [7, 11) is 0. The molecule has 0 aliphatic carbocycles. The van der Waals surface area contributed by atoms with Gasteiger partial charge in [-0.25, -0.2) is 0 Å². The molecule has 0 spiro atoms. The van der Waals surface area contributed by atoms with E-state index in [1.54, 1.807) is 0 Å². The highest BCUT2D eigenvalue weighted by molar-refractivity contribution is 5.26. The highest BCUT2D eigenvalue weighted by Crippen LogP contribution is 2.34. The van der Waals surface area contributed by atoms with E-state index >= 15 is 0 Å². The molecule has 118 valence electrons. The molecule has 1 aromatic rings. The van der Waals surface area contributed by atoms with Gasteiger partial charge in [-0.2, -0.15) is 0 Å². The van der Waals surface area contributed by atoms with Gasteiger partial charge in [0.05, 0.1) is 12.2 Å². The molecule has 0 amide bonds. The lowest BCUT2D eigenvalue weighted by molar-refractivity contribution is 0.000294. The summed E-state index contributed by atoms with van der Waals surface area (Å²) >= 11 is 0. The molecule has 0 bridgehead atoms. The number of hydrogen-bond acceptors (Lipinski definition) is 2. The third-order valence-electron chi connectivity index (χ3n) is 5.27. The smallest absolute Gasteiger partial charge is 0.0906 e. The van der Waals surface area contributed by atoms with Gasteiger partial charge in [0.1, 0.15) is 0 Å². The summed E-state index contributed by atoms with van der Waals surface area (Å²) in [6.45, 7) is 9.30. The van der Waals surface area contributed by atoms with Gasteiger partial charge in [0.15, 0.2) is 0 Å². The van der Waals surface area contributed by atoms with Crippen LogP contribution in [0.3, 0.4) is 0 Å². The van der Waals surface area contributed by atoms with Crippen molar-refractivity contribution in [2.24, 2.45) is 0 Å². The number of piperazine rings is 1. The van der Waals surface area contributed by atoms with Crippen molar-refractivity contribution < 1.29 is 4.39 Å². The topological polar surface area (TPSA) is 15.3 Å². The standard InChI is InChI=1S/C18H29FN2/c1-4-18(5-2)14-20-17(3,15-21(18)13-9-12-19)16-10-7-6-8-11-16/h6-8,10-11,20H,4-5,9,12-15H2,1-3H3. The summed E-state index contributed by atoms with van der Waals surface area (Å²) in [4.78, 5) is 2.52. The number of rotatable bonds is 6. The number of nitrogens with one attached hydrogen (secondary N) is 1. The van der Waals surface area contributed by atoms with E-state index in [0.29, 0.717) is 6.42 Å². The van der Waals surface area contributed by atoms with Crippen LogP contribution in [0.5, 0.6) is 0 Å². The molecule has 0 aromatic heterocycles. The molecule has 0 saturated carbocycles. The summed E-state index contributed by atoms with van der Waals surface area (Å²) in [6, 6.07) is 10.6. The van der Waals surface area contributed by atoms with Crippen LogP contribution in [0.1, 0.15) is 45.6 Å². The molecular formula is C18H29FN2. The van der Waals surface area contributed by atoms with Crippen molar-refractivity contribution in [3.05, 3.63) is 35.9 Å². The number of nitrogens with zero attached hydrogens (tertiary/aromatic N) is 1. The van der Waals surface area contributed by atoms with E-state index in [2.05, 4.69) is 61.3 Å². The van der Waals surface area contributed by atoms with Crippen LogP contribution in [0.15, 0.2) is 30.3 Å². The Balaban J connectivity index is 2.23. The first-order valence-corrected chi connectivity index (χ1v) is 8.22. The average molecular weight is 292 g/mol. The van der Waals surface area contributed by atoms with E-state index in [0.717, 1.165) is 32.5 Å². The zero-order valence-corrected chi connectivity index (χ0v) is 13.7. The molecule has 1 aliphatic heterocycles. The Morgan fingerprint density at radius 3 is 2.43 bits per heavy atom. The Hall–Kier alpha value is -0.930. The normalized spacial score (nSPS) is 25.9. The van der Waals surface area contributed by atoms with E-state index in [1.807, 2.05) is 0 Å². The maximum Gasteiger partial charge on any atom is 0.0906 e. The predicted octanol–water partition coefficient (Wildman–Crippen LogP) is 3.73. The summed E-state index contributed by atoms with van der Waals surface area (Å²) in [5.41, 5.74) is 1.44. The van der Waals surface area contributed by atoms with E-state index in [1.165, 1.54) is 5.56 Å². The number of alkyl halides is 1. The van der Waals surface area contributed by atoms with Crippen molar-refractivity contribution in [3.8, 4) is 0 Å². The number of benzene rings is 1. The van der Waals surface area contributed by atoms with E-state index < -0.39 is 0 Å². The summed E-state index contributed by atoms with van der Waals surface area (Å²) in [6.07, 6.45) is 2.84. The number of halogens is 1. The van der Waals surface area contributed by atoms with E-state index in [-0.39, 0.29) is 17.8 Å². The van der Waals surface area contributed by atoms with Gasteiger partial charge in [0, 0.05) is 25.2 Å². The average Bonchev–Trinajstić information content (AvgIpc) is 2.54. The minimum absolute atomic E-state index is 0.0502. The molecule has 2 nitrogen and oxygen atoms in total.